The van der Waals surface area contributed by atoms with E-state index in [2.05, 4.69) is 15.3 Å². The molecule has 0 aromatic carbocycles. The maximum atomic E-state index is 12.6. The molecular formula is C34H42B2N4O7. The number of likely N-dealkylation sites (tertiary alicyclic amines) is 1. The van der Waals surface area contributed by atoms with Crippen LogP contribution in [0.25, 0.3) is 12.2 Å². The molecule has 1 N–H and O–H groups in total. The van der Waals surface area contributed by atoms with Gasteiger partial charge in [0, 0.05) is 29.9 Å². The zero-order valence-electron chi connectivity index (χ0n) is 28.3. The van der Waals surface area contributed by atoms with Crippen LogP contribution in [0.4, 0.5) is 0 Å². The summed E-state index contributed by atoms with van der Waals surface area (Å²) in [6.45, 7) is 15.4. The molecule has 0 spiro atoms. The molecule has 4 radical (unpaired) electrons. The number of aromatic nitrogens is 2. The second-order valence-corrected chi connectivity index (χ2v) is 13.5. The lowest BCUT2D eigenvalue weighted by molar-refractivity contribution is -0.150. The van der Waals surface area contributed by atoms with Crippen molar-refractivity contribution in [2.45, 2.75) is 85.4 Å². The van der Waals surface area contributed by atoms with Crippen molar-refractivity contribution in [3.63, 3.8) is 0 Å². The van der Waals surface area contributed by atoms with Crippen LogP contribution in [-0.4, -0.2) is 83.4 Å². The van der Waals surface area contributed by atoms with Gasteiger partial charge in [0.2, 0.25) is 5.91 Å². The third-order valence-electron chi connectivity index (χ3n) is 6.45. The predicted molar refractivity (Wildman–Crippen MR) is 180 cm³/mol. The minimum atomic E-state index is -0.876. The third kappa shape index (κ3) is 12.7. The fourth-order valence-electron chi connectivity index (χ4n) is 4.63. The Bertz CT molecular complexity index is 1520. The second kappa shape index (κ2) is 16.4. The Morgan fingerprint density at radius 1 is 0.830 bits per heavy atom. The van der Waals surface area contributed by atoms with E-state index in [1.54, 1.807) is 43.0 Å². The summed E-state index contributed by atoms with van der Waals surface area (Å²) in [5.74, 6) is -0.526. The van der Waals surface area contributed by atoms with Crippen molar-refractivity contribution in [2.24, 2.45) is 5.41 Å². The zero-order chi connectivity index (χ0) is 35.6. The van der Waals surface area contributed by atoms with Gasteiger partial charge in [-0.1, -0.05) is 20.8 Å². The topological polar surface area (TPSA) is 145 Å². The Balaban J connectivity index is 0.000000330. The molecule has 1 saturated heterocycles. The Morgan fingerprint density at radius 2 is 1.32 bits per heavy atom. The number of ether oxygens (including phenoxy) is 2. The molecule has 1 atom stereocenters. The van der Waals surface area contributed by atoms with Crippen LogP contribution in [0.2, 0.25) is 0 Å². The van der Waals surface area contributed by atoms with Crippen molar-refractivity contribution >= 4 is 57.1 Å². The predicted octanol–water partition coefficient (Wildman–Crippen LogP) is 3.59. The first kappa shape index (κ1) is 38.8. The molecule has 47 heavy (non-hydrogen) atoms. The summed E-state index contributed by atoms with van der Waals surface area (Å²) in [4.78, 5) is 68.9. The maximum Gasteiger partial charge on any atom is 0.334 e. The minimum Gasteiger partial charge on any atom is -0.423 e. The van der Waals surface area contributed by atoms with Crippen LogP contribution in [0.1, 0.15) is 79.6 Å². The summed E-state index contributed by atoms with van der Waals surface area (Å²) in [7, 11) is 10.1. The fraction of sp³-hybridized carbons (Fsp3) is 0.441. The summed E-state index contributed by atoms with van der Waals surface area (Å²) in [5, 5.41) is 3.20. The standard InChI is InChI=1S/C18H21BN2O4.C16H21BN2O3/c1-18(2,3)17(24)21-11-5-6-13(21)16(23)25-14-7-4-10-20-12(14)8-9-15(19)22;1-15(2,3)19-16(4,5)14(21)22-12-7-6-10-18-11(12)8-9-13(17)20/h4,7-10,13H,5-6,11H2,1-3H3;6-10,19H,1-5H3/b2*9-8-. The average Bonchev–Trinajstić information content (AvgIpc) is 3.44. The first-order valence-corrected chi connectivity index (χ1v) is 15.1. The van der Waals surface area contributed by atoms with Crippen molar-refractivity contribution in [3.05, 3.63) is 60.2 Å². The van der Waals surface area contributed by atoms with E-state index in [1.165, 1.54) is 24.5 Å². The molecule has 0 saturated carbocycles. The van der Waals surface area contributed by atoms with Gasteiger partial charge in [-0.2, -0.15) is 0 Å². The van der Waals surface area contributed by atoms with Gasteiger partial charge >= 0.3 is 11.9 Å². The molecule has 1 unspecified atom stereocenters. The van der Waals surface area contributed by atoms with Gasteiger partial charge in [0.05, 0.1) is 11.4 Å². The van der Waals surface area contributed by atoms with Crippen molar-refractivity contribution in [3.8, 4) is 11.5 Å². The Kier molecular flexibility index (Phi) is 13.6. The molecule has 0 aliphatic carbocycles. The summed E-state index contributed by atoms with van der Waals surface area (Å²) in [6.07, 6.45) is 9.48. The van der Waals surface area contributed by atoms with Gasteiger partial charge in [0.1, 0.15) is 23.0 Å². The fourth-order valence-corrected chi connectivity index (χ4v) is 4.63. The number of allylic oxidation sites excluding steroid dienone is 2. The smallest absolute Gasteiger partial charge is 0.334 e. The number of carbonyl (C=O) groups excluding carboxylic acids is 5. The van der Waals surface area contributed by atoms with Gasteiger partial charge in [-0.15, -0.1) is 0 Å². The van der Waals surface area contributed by atoms with Gasteiger partial charge < -0.3 is 24.0 Å². The van der Waals surface area contributed by atoms with Gasteiger partial charge in [-0.25, -0.2) is 9.59 Å². The molecular weight excluding hydrogens is 598 g/mol. The molecule has 3 rings (SSSR count). The van der Waals surface area contributed by atoms with Crippen LogP contribution in [-0.2, 0) is 24.0 Å². The van der Waals surface area contributed by atoms with Crippen LogP contribution < -0.4 is 14.8 Å². The molecule has 1 fully saturated rings. The second-order valence-electron chi connectivity index (χ2n) is 13.5. The number of hydrogen-bond donors (Lipinski definition) is 1. The maximum absolute atomic E-state index is 12.6. The van der Waals surface area contributed by atoms with E-state index in [1.807, 2.05) is 41.5 Å². The first-order valence-electron chi connectivity index (χ1n) is 15.1. The SMILES string of the molecule is [B]C(=O)/C=C\c1ncccc1OC(=O)C(C)(C)NC(C)(C)C.[B]C(=O)/C=C\c1ncccc1OC(=O)C1CCCN1C(=O)C(C)(C)C. The molecule has 1 amide bonds. The number of nitrogens with one attached hydrogen (secondary N) is 1. The molecule has 11 nitrogen and oxygen atoms in total. The number of hydrogen-bond acceptors (Lipinski definition) is 10. The lowest BCUT2D eigenvalue weighted by Gasteiger charge is -2.32. The number of esters is 2. The molecule has 0 bridgehead atoms. The molecule has 246 valence electrons. The van der Waals surface area contributed by atoms with Crippen LogP contribution in [0, 0.1) is 5.41 Å². The molecule has 1 aliphatic rings. The van der Waals surface area contributed by atoms with Gasteiger partial charge in [-0.3, -0.25) is 20.1 Å². The summed E-state index contributed by atoms with van der Waals surface area (Å²) in [6, 6.07) is 5.85. The highest BCUT2D eigenvalue weighted by atomic mass is 16.5. The van der Waals surface area contributed by atoms with E-state index in [4.69, 9.17) is 25.2 Å². The summed E-state index contributed by atoms with van der Waals surface area (Å²) >= 11 is 0. The van der Waals surface area contributed by atoms with Gasteiger partial charge in [-0.05, 0) is 96.0 Å². The van der Waals surface area contributed by atoms with Crippen LogP contribution >= 0.6 is 0 Å². The van der Waals surface area contributed by atoms with E-state index < -0.39 is 40.3 Å². The molecule has 13 heteroatoms. The molecule has 2 aromatic heterocycles. The Labute approximate surface area is 279 Å². The van der Waals surface area contributed by atoms with Crippen LogP contribution in [0.3, 0.4) is 0 Å². The lowest BCUT2D eigenvalue weighted by atomic mass is 9.94. The first-order chi connectivity index (χ1) is 21.7. The number of carbonyl (C=O) groups is 5. The molecule has 3 heterocycles. The van der Waals surface area contributed by atoms with E-state index >= 15 is 0 Å². The largest absolute Gasteiger partial charge is 0.423 e. The number of rotatable bonds is 9. The quantitative estimate of drug-likeness (QED) is 0.245. The number of pyridine rings is 2. The highest BCUT2D eigenvalue weighted by Gasteiger charge is 2.40. The third-order valence-corrected chi connectivity index (χ3v) is 6.45. The normalized spacial score (nSPS) is 15.2. The van der Waals surface area contributed by atoms with Crippen molar-refractivity contribution in [2.75, 3.05) is 6.54 Å². The van der Waals surface area contributed by atoms with Crippen molar-refractivity contribution in [1.29, 1.82) is 0 Å². The van der Waals surface area contributed by atoms with Crippen LogP contribution in [0.5, 0.6) is 11.5 Å². The minimum absolute atomic E-state index is 0.0769. The highest BCUT2D eigenvalue weighted by molar-refractivity contribution is 6.61. The lowest BCUT2D eigenvalue weighted by Crippen LogP contribution is -2.56. The van der Waals surface area contributed by atoms with Gasteiger partial charge in [0.15, 0.2) is 27.2 Å². The Hall–Kier alpha value is -4.38. The van der Waals surface area contributed by atoms with Crippen LogP contribution in [0.15, 0.2) is 48.8 Å². The monoisotopic (exact) mass is 640 g/mol. The van der Waals surface area contributed by atoms with E-state index in [0.717, 1.165) is 18.6 Å². The van der Waals surface area contributed by atoms with Gasteiger partial charge in [0.25, 0.3) is 0 Å². The molecule has 1 aliphatic heterocycles. The number of nitrogens with zero attached hydrogens (tertiary/aromatic N) is 3. The van der Waals surface area contributed by atoms with Crippen molar-refractivity contribution in [1.82, 2.24) is 20.2 Å². The van der Waals surface area contributed by atoms with E-state index in [-0.39, 0.29) is 22.9 Å². The van der Waals surface area contributed by atoms with E-state index in [0.29, 0.717) is 24.4 Å². The average molecular weight is 640 g/mol. The Morgan fingerprint density at radius 3 is 1.77 bits per heavy atom. The summed E-state index contributed by atoms with van der Waals surface area (Å²) < 4.78 is 10.9. The van der Waals surface area contributed by atoms with E-state index in [9.17, 15) is 24.0 Å². The summed E-state index contributed by atoms with van der Waals surface area (Å²) in [5.41, 5.74) is -2.22. The highest BCUT2D eigenvalue weighted by Crippen LogP contribution is 2.27. The molecule has 2 aromatic rings. The van der Waals surface area contributed by atoms with Crippen molar-refractivity contribution < 1.29 is 33.4 Å². The number of amides is 1. The zero-order valence-corrected chi connectivity index (χ0v) is 28.3.